The summed E-state index contributed by atoms with van der Waals surface area (Å²) >= 11 is 3.13. The van der Waals surface area contributed by atoms with Crippen molar-refractivity contribution >= 4 is 27.5 Å². The lowest BCUT2D eigenvalue weighted by Crippen LogP contribution is -2.12. The third-order valence-corrected chi connectivity index (χ3v) is 2.51. The predicted octanol–water partition coefficient (Wildman–Crippen LogP) is 2.69. The Morgan fingerprint density at radius 2 is 2.19 bits per heavy atom. The number of aliphatic hydroxyl groups excluding tert-OH is 1. The lowest BCUT2D eigenvalue weighted by atomic mass is 10.2. The van der Waals surface area contributed by atoms with E-state index in [4.69, 9.17) is 5.11 Å². The summed E-state index contributed by atoms with van der Waals surface area (Å²) in [6, 6.07) is 4.46. The van der Waals surface area contributed by atoms with Crippen molar-refractivity contribution in [2.24, 2.45) is 0 Å². The van der Waals surface area contributed by atoms with E-state index >= 15 is 0 Å². The van der Waals surface area contributed by atoms with E-state index in [1.165, 1.54) is 12.1 Å². The smallest absolute Gasteiger partial charge is 0.224 e. The molecule has 0 bridgehead atoms. The molecule has 0 unspecified atom stereocenters. The number of rotatable bonds is 5. The van der Waals surface area contributed by atoms with Gasteiger partial charge in [-0.3, -0.25) is 4.79 Å². The van der Waals surface area contributed by atoms with E-state index in [0.29, 0.717) is 17.3 Å². The first-order chi connectivity index (χ1) is 7.63. The number of hydrogen-bond acceptors (Lipinski definition) is 2. The molecule has 0 aromatic heterocycles. The molecule has 5 heteroatoms. The summed E-state index contributed by atoms with van der Waals surface area (Å²) in [4.78, 5) is 11.4. The lowest BCUT2D eigenvalue weighted by Gasteiger charge is -2.06. The van der Waals surface area contributed by atoms with Gasteiger partial charge in [0.2, 0.25) is 5.91 Å². The van der Waals surface area contributed by atoms with Gasteiger partial charge in [0.25, 0.3) is 0 Å². The largest absolute Gasteiger partial charge is 0.396 e. The second kappa shape index (κ2) is 6.60. The minimum absolute atomic E-state index is 0.0694. The Bertz CT molecular complexity index is 371. The maximum atomic E-state index is 13.3. The normalized spacial score (nSPS) is 10.2. The average Bonchev–Trinajstić information content (AvgIpc) is 2.23. The molecule has 0 radical (unpaired) electrons. The maximum absolute atomic E-state index is 13.3. The number of amides is 1. The molecule has 1 aromatic carbocycles. The molecule has 0 aliphatic carbocycles. The van der Waals surface area contributed by atoms with Gasteiger partial charge in [0.15, 0.2) is 0 Å². The first kappa shape index (κ1) is 13.1. The fraction of sp³-hybridized carbons (Fsp3) is 0.364. The predicted molar refractivity (Wildman–Crippen MR) is 63.7 cm³/mol. The van der Waals surface area contributed by atoms with Crippen molar-refractivity contribution in [3.63, 3.8) is 0 Å². The number of benzene rings is 1. The molecule has 0 aliphatic heterocycles. The van der Waals surface area contributed by atoms with Gasteiger partial charge in [-0.1, -0.05) is 15.9 Å². The Morgan fingerprint density at radius 1 is 1.44 bits per heavy atom. The molecule has 0 spiro atoms. The molecule has 0 heterocycles. The standard InChI is InChI=1S/C11H13BrFNO2/c12-8-4-5-10(9(13)7-8)14-11(16)3-1-2-6-15/h4-5,7,15H,1-3,6H2,(H,14,16). The van der Waals surface area contributed by atoms with Crippen LogP contribution < -0.4 is 5.32 Å². The van der Waals surface area contributed by atoms with E-state index in [2.05, 4.69) is 21.2 Å². The fourth-order valence-electron chi connectivity index (χ4n) is 1.20. The highest BCUT2D eigenvalue weighted by atomic mass is 79.9. The molecule has 0 fully saturated rings. The number of carbonyl (C=O) groups is 1. The Kier molecular flexibility index (Phi) is 5.42. The third-order valence-electron chi connectivity index (χ3n) is 2.02. The van der Waals surface area contributed by atoms with Gasteiger partial charge in [0, 0.05) is 17.5 Å². The first-order valence-corrected chi connectivity index (χ1v) is 5.78. The number of nitrogens with one attached hydrogen (secondary N) is 1. The molecule has 0 atom stereocenters. The number of carbonyl (C=O) groups excluding carboxylic acids is 1. The molecule has 1 aromatic rings. The monoisotopic (exact) mass is 289 g/mol. The maximum Gasteiger partial charge on any atom is 0.224 e. The van der Waals surface area contributed by atoms with Gasteiger partial charge < -0.3 is 10.4 Å². The van der Waals surface area contributed by atoms with E-state index in [-0.39, 0.29) is 24.6 Å². The van der Waals surface area contributed by atoms with Crippen LogP contribution in [0.2, 0.25) is 0 Å². The summed E-state index contributed by atoms with van der Waals surface area (Å²) in [7, 11) is 0. The minimum Gasteiger partial charge on any atom is -0.396 e. The summed E-state index contributed by atoms with van der Waals surface area (Å²) in [6.07, 6.45) is 1.47. The summed E-state index contributed by atoms with van der Waals surface area (Å²) in [5.41, 5.74) is 0.178. The van der Waals surface area contributed by atoms with E-state index in [9.17, 15) is 9.18 Å². The van der Waals surface area contributed by atoms with Crippen LogP contribution >= 0.6 is 15.9 Å². The van der Waals surface area contributed by atoms with Gasteiger partial charge in [-0.05, 0) is 31.0 Å². The highest BCUT2D eigenvalue weighted by molar-refractivity contribution is 9.10. The number of unbranched alkanes of at least 4 members (excludes halogenated alkanes) is 1. The third kappa shape index (κ3) is 4.28. The number of aliphatic hydroxyl groups is 1. The lowest BCUT2D eigenvalue weighted by molar-refractivity contribution is -0.116. The Labute approximate surface area is 102 Å². The molecule has 0 saturated heterocycles. The van der Waals surface area contributed by atoms with Crippen LogP contribution in [0, 0.1) is 5.82 Å². The van der Waals surface area contributed by atoms with Crippen molar-refractivity contribution < 1.29 is 14.3 Å². The zero-order valence-corrected chi connectivity index (χ0v) is 10.3. The van der Waals surface area contributed by atoms with Crippen molar-refractivity contribution in [2.45, 2.75) is 19.3 Å². The van der Waals surface area contributed by atoms with Crippen molar-refractivity contribution in [1.29, 1.82) is 0 Å². The summed E-state index contributed by atoms with van der Waals surface area (Å²) < 4.78 is 13.9. The fourth-order valence-corrected chi connectivity index (χ4v) is 1.53. The van der Waals surface area contributed by atoms with Crippen LogP contribution in [0.3, 0.4) is 0 Å². The zero-order valence-electron chi connectivity index (χ0n) is 8.67. The van der Waals surface area contributed by atoms with Crippen molar-refractivity contribution in [2.75, 3.05) is 11.9 Å². The molecular formula is C11H13BrFNO2. The van der Waals surface area contributed by atoms with Gasteiger partial charge in [-0.2, -0.15) is 0 Å². The van der Waals surface area contributed by atoms with Crippen LogP contribution in [0.1, 0.15) is 19.3 Å². The molecule has 0 saturated carbocycles. The number of halogens is 2. The summed E-state index contributed by atoms with van der Waals surface area (Å²) in [5, 5.41) is 11.0. The average molecular weight is 290 g/mol. The Hall–Kier alpha value is -0.940. The number of anilines is 1. The van der Waals surface area contributed by atoms with Crippen molar-refractivity contribution in [1.82, 2.24) is 0 Å². The second-order valence-corrected chi connectivity index (χ2v) is 4.27. The van der Waals surface area contributed by atoms with Crippen molar-refractivity contribution in [3.05, 3.63) is 28.5 Å². The molecular weight excluding hydrogens is 277 g/mol. The van der Waals surface area contributed by atoms with Gasteiger partial charge in [-0.25, -0.2) is 4.39 Å². The molecule has 0 aliphatic rings. The molecule has 88 valence electrons. The van der Waals surface area contributed by atoms with Crippen LogP contribution in [-0.2, 0) is 4.79 Å². The number of hydrogen-bond donors (Lipinski definition) is 2. The first-order valence-electron chi connectivity index (χ1n) is 4.99. The van der Waals surface area contributed by atoms with E-state index < -0.39 is 5.82 Å². The van der Waals surface area contributed by atoms with Crippen LogP contribution in [0.25, 0.3) is 0 Å². The van der Waals surface area contributed by atoms with E-state index in [0.717, 1.165) is 0 Å². The second-order valence-electron chi connectivity index (χ2n) is 3.35. The van der Waals surface area contributed by atoms with Crippen LogP contribution in [0.4, 0.5) is 10.1 Å². The van der Waals surface area contributed by atoms with Gasteiger partial charge >= 0.3 is 0 Å². The molecule has 1 amide bonds. The molecule has 16 heavy (non-hydrogen) atoms. The molecule has 2 N–H and O–H groups in total. The summed E-state index contributed by atoms with van der Waals surface area (Å²) in [5.74, 6) is -0.709. The SMILES string of the molecule is O=C(CCCCO)Nc1ccc(Br)cc1F. The Morgan fingerprint density at radius 3 is 2.81 bits per heavy atom. The quantitative estimate of drug-likeness (QED) is 0.819. The molecule has 3 nitrogen and oxygen atoms in total. The highest BCUT2D eigenvalue weighted by Gasteiger charge is 2.06. The zero-order chi connectivity index (χ0) is 12.0. The summed E-state index contributed by atoms with van der Waals surface area (Å²) in [6.45, 7) is 0.0694. The minimum atomic E-state index is -0.468. The van der Waals surface area contributed by atoms with E-state index in [1.807, 2.05) is 0 Å². The Balaban J connectivity index is 2.49. The van der Waals surface area contributed by atoms with Crippen LogP contribution in [0.15, 0.2) is 22.7 Å². The van der Waals surface area contributed by atoms with Crippen molar-refractivity contribution in [3.8, 4) is 0 Å². The van der Waals surface area contributed by atoms with Gasteiger partial charge in [-0.15, -0.1) is 0 Å². The highest BCUT2D eigenvalue weighted by Crippen LogP contribution is 2.19. The van der Waals surface area contributed by atoms with E-state index in [1.54, 1.807) is 6.07 Å². The van der Waals surface area contributed by atoms with Crippen LogP contribution in [0.5, 0.6) is 0 Å². The van der Waals surface area contributed by atoms with Gasteiger partial charge in [0.1, 0.15) is 5.82 Å². The van der Waals surface area contributed by atoms with Crippen LogP contribution in [-0.4, -0.2) is 17.6 Å². The molecule has 1 rings (SSSR count). The van der Waals surface area contributed by atoms with Gasteiger partial charge in [0.05, 0.1) is 5.69 Å². The topological polar surface area (TPSA) is 49.3 Å².